The number of allylic oxidation sites excluding steroid dienone is 1. The molecule has 7 aromatic rings. The second-order valence-electron chi connectivity index (χ2n) is 17.0. The molecule has 2 heterocycles. The molecule has 1 aliphatic carbocycles. The topological polar surface area (TPSA) is 59.8 Å². The van der Waals surface area contributed by atoms with Gasteiger partial charge in [-0.25, -0.2) is 9.48 Å². The lowest BCUT2D eigenvalue weighted by atomic mass is 9.72. The van der Waals surface area contributed by atoms with Crippen LogP contribution in [0.1, 0.15) is 65.7 Å². The van der Waals surface area contributed by atoms with E-state index in [-0.39, 0.29) is 5.41 Å². The number of hydrogen-bond donors (Lipinski definition) is 0. The molecule has 2 aliphatic rings. The molecule has 61 heavy (non-hydrogen) atoms. The number of aromatic nitrogens is 2. The van der Waals surface area contributed by atoms with Crippen molar-refractivity contribution in [3.63, 3.8) is 0 Å². The summed E-state index contributed by atoms with van der Waals surface area (Å²) in [6.45, 7) is 9.30. The predicted octanol–water partition coefficient (Wildman–Crippen LogP) is 11.9. The summed E-state index contributed by atoms with van der Waals surface area (Å²) in [6.07, 6.45) is 5.24. The number of piperazine rings is 1. The number of fused-ring (bicyclic) bond motifs is 1. The van der Waals surface area contributed by atoms with Crippen molar-refractivity contribution in [1.29, 1.82) is 0 Å². The van der Waals surface area contributed by atoms with Crippen LogP contribution in [0.4, 0.5) is 5.69 Å². The van der Waals surface area contributed by atoms with Gasteiger partial charge in [0.05, 0.1) is 24.2 Å². The first-order valence-corrected chi connectivity index (χ1v) is 21.6. The van der Waals surface area contributed by atoms with Crippen LogP contribution in [0.25, 0.3) is 16.5 Å². The smallest absolute Gasteiger partial charge is 0.341 e. The number of carbonyl (C=O) groups is 1. The molecule has 1 aromatic heterocycles. The van der Waals surface area contributed by atoms with Gasteiger partial charge in [0.1, 0.15) is 22.6 Å². The fourth-order valence-corrected chi connectivity index (χ4v) is 9.50. The maximum absolute atomic E-state index is 13.3. The molecule has 0 amide bonds. The molecular formula is C53H51ClN4O3. The lowest BCUT2D eigenvalue weighted by Gasteiger charge is -2.39. The van der Waals surface area contributed by atoms with E-state index in [0.29, 0.717) is 17.1 Å². The van der Waals surface area contributed by atoms with Crippen molar-refractivity contribution in [2.75, 3.05) is 44.7 Å². The number of esters is 1. The highest BCUT2D eigenvalue weighted by Gasteiger charge is 2.40. The first-order chi connectivity index (χ1) is 29.7. The number of anilines is 1. The quantitative estimate of drug-likeness (QED) is 0.0956. The van der Waals surface area contributed by atoms with E-state index >= 15 is 0 Å². The summed E-state index contributed by atoms with van der Waals surface area (Å²) < 4.78 is 14.2. The third kappa shape index (κ3) is 7.96. The highest BCUT2D eigenvalue weighted by Crippen LogP contribution is 2.45. The van der Waals surface area contributed by atoms with Crippen LogP contribution < -0.4 is 9.64 Å². The molecule has 7 nitrogen and oxygen atoms in total. The summed E-state index contributed by atoms with van der Waals surface area (Å²) in [6, 6.07) is 51.7. The standard InChI is InChI=1S/C53H51ClN4O3/c1-52(2)29-28-39(46(35-52)38-22-24-43(54)25-23-38)37-56-30-32-57(33-31-56)44-26-27-45(51(59)60-3)50(34-44)61-49-21-13-20-48-47(49)36-55-58(48)53(40-14-7-4-8-15-40,41-16-9-5-10-17-41)42-18-11-6-12-19-42/h4-27,34,36H,28-33,35,37H2,1-3H3. The number of halogens is 1. The van der Waals surface area contributed by atoms with Gasteiger partial charge in [-0.05, 0) is 88.9 Å². The van der Waals surface area contributed by atoms with E-state index in [2.05, 4.69) is 119 Å². The Balaban J connectivity index is 1.02. The Kier molecular flexibility index (Phi) is 11.3. The minimum atomic E-state index is -0.801. The molecule has 6 aromatic carbocycles. The average Bonchev–Trinajstić information content (AvgIpc) is 3.74. The summed E-state index contributed by atoms with van der Waals surface area (Å²) in [5.41, 5.74) is 9.25. The van der Waals surface area contributed by atoms with Gasteiger partial charge >= 0.3 is 5.97 Å². The predicted molar refractivity (Wildman–Crippen MR) is 247 cm³/mol. The highest BCUT2D eigenvalue weighted by atomic mass is 35.5. The van der Waals surface area contributed by atoms with Crippen LogP contribution in [0.2, 0.25) is 5.02 Å². The van der Waals surface area contributed by atoms with Gasteiger partial charge in [0.25, 0.3) is 0 Å². The van der Waals surface area contributed by atoms with Gasteiger partial charge in [-0.1, -0.05) is 140 Å². The Hall–Kier alpha value is -6.15. The molecule has 0 atom stereocenters. The zero-order chi connectivity index (χ0) is 42.0. The van der Waals surface area contributed by atoms with E-state index in [1.54, 1.807) is 5.57 Å². The minimum Gasteiger partial charge on any atom is -0.465 e. The summed E-state index contributed by atoms with van der Waals surface area (Å²) in [4.78, 5) is 18.2. The number of ether oxygens (including phenoxy) is 2. The SMILES string of the molecule is COC(=O)c1ccc(N2CCN(CC3=C(c4ccc(Cl)cc4)CC(C)(C)CC3)CC2)cc1Oc1cccc2c1cnn2C(c1ccccc1)(c1ccccc1)c1ccccc1. The van der Waals surface area contributed by atoms with Crippen molar-refractivity contribution >= 4 is 39.7 Å². The van der Waals surface area contributed by atoms with E-state index < -0.39 is 11.5 Å². The molecule has 0 bridgehead atoms. The van der Waals surface area contributed by atoms with Crippen molar-refractivity contribution < 1.29 is 14.3 Å². The van der Waals surface area contributed by atoms with Crippen LogP contribution in [-0.4, -0.2) is 60.5 Å². The van der Waals surface area contributed by atoms with Crippen molar-refractivity contribution in [3.05, 3.63) is 196 Å². The maximum atomic E-state index is 13.3. The zero-order valence-corrected chi connectivity index (χ0v) is 35.8. The lowest BCUT2D eigenvalue weighted by Crippen LogP contribution is -2.47. The van der Waals surface area contributed by atoms with Gasteiger partial charge in [-0.2, -0.15) is 5.10 Å². The molecule has 0 N–H and O–H groups in total. The van der Waals surface area contributed by atoms with Crippen LogP contribution >= 0.6 is 11.6 Å². The minimum absolute atomic E-state index is 0.274. The van der Waals surface area contributed by atoms with Gasteiger partial charge in [-0.3, -0.25) is 4.90 Å². The van der Waals surface area contributed by atoms with Gasteiger partial charge in [0.15, 0.2) is 0 Å². The lowest BCUT2D eigenvalue weighted by molar-refractivity contribution is 0.0598. The highest BCUT2D eigenvalue weighted by molar-refractivity contribution is 6.30. The molecule has 9 rings (SSSR count). The van der Waals surface area contributed by atoms with Gasteiger partial charge in [0.2, 0.25) is 0 Å². The molecule has 0 spiro atoms. The number of nitrogens with zero attached hydrogens (tertiary/aromatic N) is 4. The Morgan fingerprint density at radius 1 is 0.738 bits per heavy atom. The normalized spacial score (nSPS) is 15.8. The molecule has 1 aliphatic heterocycles. The average molecular weight is 827 g/mol. The van der Waals surface area contributed by atoms with Crippen molar-refractivity contribution in [1.82, 2.24) is 14.7 Å². The molecule has 1 fully saturated rings. The van der Waals surface area contributed by atoms with Crippen molar-refractivity contribution in [3.8, 4) is 11.5 Å². The third-order valence-electron chi connectivity index (χ3n) is 12.6. The van der Waals surface area contributed by atoms with E-state index in [4.69, 9.17) is 26.2 Å². The number of hydrogen-bond acceptors (Lipinski definition) is 6. The number of carbonyl (C=O) groups excluding carboxylic acids is 1. The Labute approximate surface area is 363 Å². The number of benzene rings is 6. The number of rotatable bonds is 11. The first-order valence-electron chi connectivity index (χ1n) is 21.2. The van der Waals surface area contributed by atoms with Crippen molar-refractivity contribution in [2.45, 2.75) is 38.6 Å². The summed E-state index contributed by atoms with van der Waals surface area (Å²) in [7, 11) is 1.40. The van der Waals surface area contributed by atoms with E-state index in [1.807, 2.05) is 66.9 Å². The molecule has 308 valence electrons. The maximum Gasteiger partial charge on any atom is 0.341 e. The largest absolute Gasteiger partial charge is 0.465 e. The van der Waals surface area contributed by atoms with E-state index in [9.17, 15) is 4.79 Å². The number of methoxy groups -OCH3 is 1. The molecule has 0 unspecified atom stereocenters. The van der Waals surface area contributed by atoms with Crippen LogP contribution in [0.3, 0.4) is 0 Å². The fraction of sp³-hybridized carbons (Fsp3) is 0.245. The van der Waals surface area contributed by atoms with Gasteiger partial charge < -0.3 is 14.4 Å². The molecule has 0 radical (unpaired) electrons. The second-order valence-corrected chi connectivity index (χ2v) is 17.5. The summed E-state index contributed by atoms with van der Waals surface area (Å²) >= 11 is 6.28. The molecular weight excluding hydrogens is 776 g/mol. The summed E-state index contributed by atoms with van der Waals surface area (Å²) in [5.74, 6) is 0.584. The fourth-order valence-electron chi connectivity index (χ4n) is 9.37. The Bertz CT molecular complexity index is 2570. The van der Waals surface area contributed by atoms with Crippen LogP contribution in [0.5, 0.6) is 11.5 Å². The molecule has 1 saturated heterocycles. The molecule has 0 saturated carbocycles. The van der Waals surface area contributed by atoms with Crippen molar-refractivity contribution in [2.24, 2.45) is 5.41 Å². The third-order valence-corrected chi connectivity index (χ3v) is 12.8. The Morgan fingerprint density at radius 2 is 1.36 bits per heavy atom. The van der Waals surface area contributed by atoms with E-state index in [0.717, 1.165) is 83.9 Å². The van der Waals surface area contributed by atoms with Gasteiger partial charge in [0, 0.05) is 49.5 Å². The monoisotopic (exact) mass is 826 g/mol. The zero-order valence-electron chi connectivity index (χ0n) is 35.1. The van der Waals surface area contributed by atoms with Crippen LogP contribution in [0.15, 0.2) is 163 Å². The second kappa shape index (κ2) is 17.1. The van der Waals surface area contributed by atoms with E-state index in [1.165, 1.54) is 24.7 Å². The van der Waals surface area contributed by atoms with Crippen LogP contribution in [-0.2, 0) is 10.3 Å². The summed E-state index contributed by atoms with van der Waals surface area (Å²) in [5, 5.41) is 6.76. The van der Waals surface area contributed by atoms with Crippen LogP contribution in [0, 0.1) is 5.41 Å². The van der Waals surface area contributed by atoms with Gasteiger partial charge in [-0.15, -0.1) is 0 Å². The Morgan fingerprint density at radius 3 is 1.97 bits per heavy atom. The first kappa shape index (κ1) is 40.3. The molecule has 8 heteroatoms.